The molecule has 0 atom stereocenters. The molecule has 0 unspecified atom stereocenters. The first kappa shape index (κ1) is 16.2. The summed E-state index contributed by atoms with van der Waals surface area (Å²) in [6.45, 7) is 4.06. The quantitative estimate of drug-likeness (QED) is 0.819. The summed E-state index contributed by atoms with van der Waals surface area (Å²) in [4.78, 5) is 1.96. The highest BCUT2D eigenvalue weighted by Gasteiger charge is 2.20. The number of benzene rings is 1. The van der Waals surface area contributed by atoms with Crippen LogP contribution in [0.4, 0.5) is 8.78 Å². The molecule has 118 valence electrons. The third-order valence-corrected chi connectivity index (χ3v) is 3.82. The van der Waals surface area contributed by atoms with E-state index in [0.717, 1.165) is 12.8 Å². The number of aliphatic hydroxyl groups is 1. The Morgan fingerprint density at radius 3 is 2.43 bits per heavy atom. The second kappa shape index (κ2) is 7.71. The molecule has 1 fully saturated rings. The van der Waals surface area contributed by atoms with Gasteiger partial charge in [-0.05, 0) is 19.3 Å². The maximum Gasteiger partial charge on any atom is 0.134 e. The van der Waals surface area contributed by atoms with Gasteiger partial charge in [0.05, 0.1) is 12.7 Å². The lowest BCUT2D eigenvalue weighted by Gasteiger charge is -2.29. The number of unbranched alkanes of at least 4 members (excludes halogenated alkanes) is 1. The Balaban J connectivity index is 1.99. The fourth-order valence-electron chi connectivity index (χ4n) is 2.45. The number of aliphatic hydroxyl groups excluding tert-OH is 1. The minimum absolute atomic E-state index is 0.0780. The van der Waals surface area contributed by atoms with Gasteiger partial charge in [0.1, 0.15) is 17.4 Å². The fraction of sp³-hybridized carbons (Fsp3) is 0.625. The van der Waals surface area contributed by atoms with Crippen LogP contribution in [-0.4, -0.2) is 35.8 Å². The van der Waals surface area contributed by atoms with Crippen LogP contribution in [0.25, 0.3) is 0 Å². The van der Waals surface area contributed by atoms with Crippen LogP contribution in [0.15, 0.2) is 12.1 Å². The highest BCUT2D eigenvalue weighted by atomic mass is 19.1. The maximum absolute atomic E-state index is 14.1. The van der Waals surface area contributed by atoms with Crippen molar-refractivity contribution >= 4 is 0 Å². The maximum atomic E-state index is 14.1. The number of hydrogen-bond acceptors (Lipinski definition) is 3. The molecule has 2 rings (SSSR count). The zero-order chi connectivity index (χ0) is 15.2. The Morgan fingerprint density at radius 2 is 1.86 bits per heavy atom. The van der Waals surface area contributed by atoms with Crippen LogP contribution in [0.1, 0.15) is 38.2 Å². The van der Waals surface area contributed by atoms with E-state index in [0.29, 0.717) is 32.5 Å². The Bertz CT molecular complexity index is 437. The van der Waals surface area contributed by atoms with Crippen LogP contribution >= 0.6 is 0 Å². The smallest absolute Gasteiger partial charge is 0.134 e. The Morgan fingerprint density at radius 1 is 1.24 bits per heavy atom. The summed E-state index contributed by atoms with van der Waals surface area (Å²) < 4.78 is 33.5. The van der Waals surface area contributed by atoms with Crippen LogP contribution in [0.2, 0.25) is 0 Å². The van der Waals surface area contributed by atoms with Gasteiger partial charge in [-0.3, -0.25) is 4.90 Å². The van der Waals surface area contributed by atoms with Crippen molar-refractivity contribution in [3.63, 3.8) is 0 Å². The molecular weight excluding hydrogens is 276 g/mol. The van der Waals surface area contributed by atoms with Crippen LogP contribution in [0.3, 0.4) is 0 Å². The number of nitrogens with zero attached hydrogens (tertiary/aromatic N) is 1. The van der Waals surface area contributed by atoms with Crippen molar-refractivity contribution in [1.82, 2.24) is 4.90 Å². The molecule has 0 radical (unpaired) electrons. The molecule has 1 aromatic rings. The predicted molar refractivity (Wildman–Crippen MR) is 77.3 cm³/mol. The zero-order valence-electron chi connectivity index (χ0n) is 12.4. The van der Waals surface area contributed by atoms with Gasteiger partial charge in [0, 0.05) is 37.3 Å². The number of likely N-dealkylation sites (tertiary alicyclic amines) is 1. The largest absolute Gasteiger partial charge is 0.493 e. The van der Waals surface area contributed by atoms with Gasteiger partial charge < -0.3 is 9.84 Å². The van der Waals surface area contributed by atoms with Crippen molar-refractivity contribution < 1.29 is 18.6 Å². The molecule has 0 aliphatic carbocycles. The molecule has 1 N–H and O–H groups in total. The molecule has 1 heterocycles. The molecule has 0 spiro atoms. The van der Waals surface area contributed by atoms with Crippen molar-refractivity contribution in [3.8, 4) is 5.75 Å². The molecule has 0 bridgehead atoms. The van der Waals surface area contributed by atoms with E-state index in [1.807, 2.05) is 11.8 Å². The zero-order valence-corrected chi connectivity index (χ0v) is 12.4. The molecule has 1 aliphatic heterocycles. The van der Waals surface area contributed by atoms with Crippen LogP contribution in [0.5, 0.6) is 5.75 Å². The van der Waals surface area contributed by atoms with E-state index >= 15 is 0 Å². The van der Waals surface area contributed by atoms with Gasteiger partial charge in [-0.25, -0.2) is 8.78 Å². The molecule has 0 amide bonds. The number of ether oxygens (including phenoxy) is 1. The van der Waals surface area contributed by atoms with Gasteiger partial charge in [-0.2, -0.15) is 0 Å². The Labute approximate surface area is 124 Å². The van der Waals surface area contributed by atoms with Crippen molar-refractivity contribution in [3.05, 3.63) is 29.3 Å². The molecule has 5 heteroatoms. The van der Waals surface area contributed by atoms with Gasteiger partial charge in [-0.1, -0.05) is 13.3 Å². The lowest BCUT2D eigenvalue weighted by molar-refractivity contribution is 0.0782. The van der Waals surface area contributed by atoms with E-state index in [1.54, 1.807) is 0 Å². The van der Waals surface area contributed by atoms with Crippen LogP contribution < -0.4 is 4.74 Å². The third-order valence-electron chi connectivity index (χ3n) is 3.82. The van der Waals surface area contributed by atoms with Crippen molar-refractivity contribution in [2.45, 2.75) is 45.3 Å². The Hall–Kier alpha value is -1.20. The van der Waals surface area contributed by atoms with Crippen LogP contribution in [-0.2, 0) is 6.54 Å². The summed E-state index contributed by atoms with van der Waals surface area (Å²) >= 11 is 0. The fourth-order valence-corrected chi connectivity index (χ4v) is 2.45. The van der Waals surface area contributed by atoms with Gasteiger partial charge in [0.25, 0.3) is 0 Å². The van der Waals surface area contributed by atoms with Crippen molar-refractivity contribution in [1.29, 1.82) is 0 Å². The highest BCUT2D eigenvalue weighted by molar-refractivity contribution is 5.30. The summed E-state index contributed by atoms with van der Waals surface area (Å²) in [7, 11) is 0. The average molecular weight is 299 g/mol. The first-order valence-corrected chi connectivity index (χ1v) is 7.61. The van der Waals surface area contributed by atoms with Crippen molar-refractivity contribution in [2.24, 2.45) is 0 Å². The third kappa shape index (κ3) is 4.64. The summed E-state index contributed by atoms with van der Waals surface area (Å²) in [6, 6.07) is 2.51. The van der Waals surface area contributed by atoms with E-state index in [1.165, 1.54) is 12.1 Å². The second-order valence-electron chi connectivity index (χ2n) is 5.57. The monoisotopic (exact) mass is 299 g/mol. The van der Waals surface area contributed by atoms with Gasteiger partial charge >= 0.3 is 0 Å². The summed E-state index contributed by atoms with van der Waals surface area (Å²) in [6.07, 6.45) is 2.86. The van der Waals surface area contributed by atoms with Crippen LogP contribution in [0, 0.1) is 11.6 Å². The predicted octanol–water partition coefficient (Wildman–Crippen LogP) is 3.10. The second-order valence-corrected chi connectivity index (χ2v) is 5.57. The SMILES string of the molecule is CCCCOc1cc(F)c(CN2CCC(O)CC2)c(F)c1. The number of halogens is 2. The van der Waals surface area contributed by atoms with Gasteiger partial charge in [0.2, 0.25) is 0 Å². The average Bonchev–Trinajstić information content (AvgIpc) is 2.45. The first-order chi connectivity index (χ1) is 10.1. The lowest BCUT2D eigenvalue weighted by atomic mass is 10.1. The topological polar surface area (TPSA) is 32.7 Å². The minimum Gasteiger partial charge on any atom is -0.493 e. The van der Waals surface area contributed by atoms with E-state index < -0.39 is 11.6 Å². The van der Waals surface area contributed by atoms with E-state index in [4.69, 9.17) is 4.74 Å². The molecule has 0 saturated carbocycles. The normalized spacial score (nSPS) is 17.1. The summed E-state index contributed by atoms with van der Waals surface area (Å²) in [5, 5.41) is 9.45. The molecule has 21 heavy (non-hydrogen) atoms. The Kier molecular flexibility index (Phi) is 5.94. The van der Waals surface area contributed by atoms with Gasteiger partial charge in [0.15, 0.2) is 0 Å². The molecule has 3 nitrogen and oxygen atoms in total. The molecule has 1 aromatic carbocycles. The lowest BCUT2D eigenvalue weighted by Crippen LogP contribution is -2.35. The number of hydrogen-bond donors (Lipinski definition) is 1. The summed E-state index contributed by atoms with van der Waals surface area (Å²) in [5.74, 6) is -0.878. The summed E-state index contributed by atoms with van der Waals surface area (Å²) in [5.41, 5.74) is 0.0780. The highest BCUT2D eigenvalue weighted by Crippen LogP contribution is 2.23. The van der Waals surface area contributed by atoms with E-state index in [9.17, 15) is 13.9 Å². The molecular formula is C16H23F2NO2. The van der Waals surface area contributed by atoms with E-state index in [2.05, 4.69) is 0 Å². The standard InChI is InChI=1S/C16H23F2NO2/c1-2-3-8-21-13-9-15(17)14(16(18)10-13)11-19-6-4-12(20)5-7-19/h9-10,12,20H,2-8,11H2,1H3. The van der Waals surface area contributed by atoms with Crippen molar-refractivity contribution in [2.75, 3.05) is 19.7 Å². The number of piperidine rings is 1. The first-order valence-electron chi connectivity index (χ1n) is 7.61. The number of rotatable bonds is 6. The molecule has 1 aliphatic rings. The van der Waals surface area contributed by atoms with Gasteiger partial charge in [-0.15, -0.1) is 0 Å². The minimum atomic E-state index is -0.562. The molecule has 1 saturated heterocycles. The van der Waals surface area contributed by atoms with E-state index in [-0.39, 0.29) is 24.0 Å². The molecule has 0 aromatic heterocycles.